The highest BCUT2D eigenvalue weighted by Crippen LogP contribution is 2.45. The van der Waals surface area contributed by atoms with E-state index in [1.54, 1.807) is 18.2 Å². The number of fused-ring (bicyclic) bond motifs is 1. The number of alkyl halides is 3. The molecule has 1 aromatic carbocycles. The molecular formula is C12H13F3O. The number of halogens is 3. The number of hydrogen-bond donors (Lipinski definition) is 1. The zero-order chi connectivity index (χ0) is 11.8. The van der Waals surface area contributed by atoms with Crippen LogP contribution in [0.25, 0.3) is 0 Å². The number of benzene rings is 1. The van der Waals surface area contributed by atoms with E-state index in [2.05, 4.69) is 0 Å². The first kappa shape index (κ1) is 11.5. The van der Waals surface area contributed by atoms with Gasteiger partial charge < -0.3 is 5.11 Å². The van der Waals surface area contributed by atoms with E-state index in [4.69, 9.17) is 0 Å². The molecule has 0 fully saturated rings. The van der Waals surface area contributed by atoms with Crippen molar-refractivity contribution < 1.29 is 18.3 Å². The van der Waals surface area contributed by atoms with Crippen molar-refractivity contribution in [3.63, 3.8) is 0 Å². The Balaban J connectivity index is 2.55. The normalized spacial score (nSPS) is 26.0. The SMILES string of the molecule is OC1(C(F)(F)F)CCCCc2ccccc21. The van der Waals surface area contributed by atoms with Crippen molar-refractivity contribution in [3.05, 3.63) is 35.4 Å². The smallest absolute Gasteiger partial charge is 0.376 e. The summed E-state index contributed by atoms with van der Waals surface area (Å²) in [4.78, 5) is 0. The highest BCUT2D eigenvalue weighted by atomic mass is 19.4. The summed E-state index contributed by atoms with van der Waals surface area (Å²) >= 11 is 0. The van der Waals surface area contributed by atoms with Crippen LogP contribution in [0.5, 0.6) is 0 Å². The fraction of sp³-hybridized carbons (Fsp3) is 0.500. The summed E-state index contributed by atoms with van der Waals surface area (Å²) in [7, 11) is 0. The Morgan fingerprint density at radius 2 is 1.81 bits per heavy atom. The van der Waals surface area contributed by atoms with Gasteiger partial charge in [0.15, 0.2) is 5.60 Å². The van der Waals surface area contributed by atoms with E-state index in [0.29, 0.717) is 24.8 Å². The average molecular weight is 230 g/mol. The lowest BCUT2D eigenvalue weighted by atomic mass is 9.87. The zero-order valence-corrected chi connectivity index (χ0v) is 8.72. The standard InChI is InChI=1S/C12H13F3O/c13-12(14,15)11(16)8-4-3-6-9-5-1-2-7-10(9)11/h1-2,5,7,16H,3-4,6,8H2. The van der Waals surface area contributed by atoms with Crippen molar-refractivity contribution in [2.75, 3.05) is 0 Å². The number of aliphatic hydroxyl groups is 1. The van der Waals surface area contributed by atoms with Crippen molar-refractivity contribution in [2.24, 2.45) is 0 Å². The van der Waals surface area contributed by atoms with Crippen LogP contribution in [0.2, 0.25) is 0 Å². The first-order valence-corrected chi connectivity index (χ1v) is 5.33. The Morgan fingerprint density at radius 3 is 2.50 bits per heavy atom. The van der Waals surface area contributed by atoms with Crippen LogP contribution >= 0.6 is 0 Å². The number of hydrogen-bond acceptors (Lipinski definition) is 1. The Hall–Kier alpha value is -1.03. The van der Waals surface area contributed by atoms with Crippen LogP contribution in [0.15, 0.2) is 24.3 Å². The Bertz CT molecular complexity index is 386. The van der Waals surface area contributed by atoms with E-state index in [9.17, 15) is 18.3 Å². The van der Waals surface area contributed by atoms with Gasteiger partial charge in [-0.3, -0.25) is 0 Å². The molecule has 1 aromatic rings. The summed E-state index contributed by atoms with van der Waals surface area (Å²) in [5.41, 5.74) is -2.03. The van der Waals surface area contributed by atoms with Crippen LogP contribution in [-0.2, 0) is 12.0 Å². The number of rotatable bonds is 0. The molecule has 2 rings (SSSR count). The maximum absolute atomic E-state index is 12.9. The minimum Gasteiger partial charge on any atom is -0.376 e. The quantitative estimate of drug-likeness (QED) is 0.679. The van der Waals surface area contributed by atoms with Crippen LogP contribution in [0.3, 0.4) is 0 Å². The molecule has 1 unspecified atom stereocenters. The molecule has 0 heterocycles. The highest BCUT2D eigenvalue weighted by molar-refractivity contribution is 5.34. The Morgan fingerprint density at radius 1 is 1.12 bits per heavy atom. The van der Waals surface area contributed by atoms with Gasteiger partial charge in [0.2, 0.25) is 0 Å². The maximum Gasteiger partial charge on any atom is 0.421 e. The fourth-order valence-electron chi connectivity index (χ4n) is 2.27. The molecule has 0 saturated carbocycles. The summed E-state index contributed by atoms with van der Waals surface area (Å²) in [5.74, 6) is 0. The van der Waals surface area contributed by atoms with E-state index in [1.165, 1.54) is 6.07 Å². The Labute approximate surface area is 91.9 Å². The highest BCUT2D eigenvalue weighted by Gasteiger charge is 2.55. The second-order valence-electron chi connectivity index (χ2n) is 4.22. The lowest BCUT2D eigenvalue weighted by molar-refractivity contribution is -0.269. The molecule has 0 radical (unpaired) electrons. The maximum atomic E-state index is 12.9. The van der Waals surface area contributed by atoms with E-state index < -0.39 is 11.8 Å². The summed E-state index contributed by atoms with van der Waals surface area (Å²) in [6, 6.07) is 6.30. The van der Waals surface area contributed by atoms with E-state index in [-0.39, 0.29) is 12.0 Å². The molecule has 1 aliphatic rings. The molecule has 1 nitrogen and oxygen atoms in total. The molecule has 0 aliphatic heterocycles. The molecule has 88 valence electrons. The van der Waals surface area contributed by atoms with Gasteiger partial charge in [-0.2, -0.15) is 13.2 Å². The topological polar surface area (TPSA) is 20.2 Å². The molecule has 1 atom stereocenters. The average Bonchev–Trinajstić information content (AvgIpc) is 2.39. The van der Waals surface area contributed by atoms with Gasteiger partial charge in [-0.05, 0) is 36.8 Å². The molecule has 0 saturated heterocycles. The van der Waals surface area contributed by atoms with E-state index in [0.717, 1.165) is 0 Å². The van der Waals surface area contributed by atoms with Crippen LogP contribution in [0.1, 0.15) is 30.4 Å². The molecule has 0 aromatic heterocycles. The van der Waals surface area contributed by atoms with Crippen LogP contribution in [0.4, 0.5) is 13.2 Å². The molecule has 4 heteroatoms. The molecule has 1 aliphatic carbocycles. The first-order valence-electron chi connectivity index (χ1n) is 5.33. The van der Waals surface area contributed by atoms with Gasteiger partial charge in [-0.1, -0.05) is 24.3 Å². The lowest BCUT2D eigenvalue weighted by Crippen LogP contribution is -2.42. The minimum absolute atomic E-state index is 0.0278. The van der Waals surface area contributed by atoms with Crippen molar-refractivity contribution in [1.29, 1.82) is 0 Å². The Kier molecular flexibility index (Phi) is 2.70. The van der Waals surface area contributed by atoms with Crippen molar-refractivity contribution in [1.82, 2.24) is 0 Å². The van der Waals surface area contributed by atoms with Gasteiger partial charge in [0.05, 0.1) is 0 Å². The molecule has 1 N–H and O–H groups in total. The number of aryl methyl sites for hydroxylation is 1. The van der Waals surface area contributed by atoms with Gasteiger partial charge in [-0.15, -0.1) is 0 Å². The van der Waals surface area contributed by atoms with Crippen LogP contribution < -0.4 is 0 Å². The molecular weight excluding hydrogens is 217 g/mol. The fourth-order valence-corrected chi connectivity index (χ4v) is 2.27. The summed E-state index contributed by atoms with van der Waals surface area (Å²) < 4.78 is 38.8. The monoisotopic (exact) mass is 230 g/mol. The van der Waals surface area contributed by atoms with E-state index in [1.807, 2.05) is 0 Å². The summed E-state index contributed by atoms with van der Waals surface area (Å²) in [6.07, 6.45) is -3.16. The van der Waals surface area contributed by atoms with Gasteiger partial charge in [-0.25, -0.2) is 0 Å². The minimum atomic E-state index is -4.60. The van der Waals surface area contributed by atoms with E-state index >= 15 is 0 Å². The van der Waals surface area contributed by atoms with Crippen molar-refractivity contribution >= 4 is 0 Å². The lowest BCUT2D eigenvalue weighted by Gasteiger charge is -2.31. The van der Waals surface area contributed by atoms with Gasteiger partial charge in [0.25, 0.3) is 0 Å². The second-order valence-corrected chi connectivity index (χ2v) is 4.22. The largest absolute Gasteiger partial charge is 0.421 e. The first-order chi connectivity index (χ1) is 7.45. The molecule has 16 heavy (non-hydrogen) atoms. The van der Waals surface area contributed by atoms with Crippen molar-refractivity contribution in [3.8, 4) is 0 Å². The molecule has 0 spiro atoms. The van der Waals surface area contributed by atoms with Gasteiger partial charge >= 0.3 is 6.18 Å². The van der Waals surface area contributed by atoms with Crippen molar-refractivity contribution in [2.45, 2.75) is 37.5 Å². The third-order valence-corrected chi connectivity index (χ3v) is 3.17. The zero-order valence-electron chi connectivity index (χ0n) is 8.72. The van der Waals surface area contributed by atoms with Gasteiger partial charge in [0, 0.05) is 0 Å². The second kappa shape index (κ2) is 3.77. The van der Waals surface area contributed by atoms with Crippen LogP contribution in [0, 0.1) is 0 Å². The predicted molar refractivity (Wildman–Crippen MR) is 53.9 cm³/mol. The third-order valence-electron chi connectivity index (χ3n) is 3.17. The molecule has 0 bridgehead atoms. The van der Waals surface area contributed by atoms with Gasteiger partial charge in [0.1, 0.15) is 0 Å². The van der Waals surface area contributed by atoms with Crippen LogP contribution in [-0.4, -0.2) is 11.3 Å². The summed E-state index contributed by atoms with van der Waals surface area (Å²) in [5, 5.41) is 9.91. The third kappa shape index (κ3) is 1.71. The molecule has 0 amide bonds. The predicted octanol–water partition coefficient (Wildman–Crippen LogP) is 3.16. The summed E-state index contributed by atoms with van der Waals surface area (Å²) in [6.45, 7) is 0.